The van der Waals surface area contributed by atoms with Gasteiger partial charge in [0.05, 0.1) is 6.54 Å². The molecule has 1 heterocycles. The number of aromatic amines is 1. The maximum absolute atomic E-state index is 12.1. The first-order valence-electron chi connectivity index (χ1n) is 6.12. The van der Waals surface area contributed by atoms with Gasteiger partial charge in [0.25, 0.3) is 5.56 Å². The number of benzene rings is 1. The molecule has 2 rings (SSSR count). The molecule has 20 heavy (non-hydrogen) atoms. The van der Waals surface area contributed by atoms with Gasteiger partial charge in [-0.05, 0) is 30.7 Å². The van der Waals surface area contributed by atoms with Crippen LogP contribution < -0.4 is 11.2 Å². The highest BCUT2D eigenvalue weighted by Gasteiger charge is 2.09. The first-order valence-corrected chi connectivity index (χ1v) is 6.50. The maximum Gasteiger partial charge on any atom is 0.328 e. The Hall–Kier alpha value is -2.14. The van der Waals surface area contributed by atoms with E-state index < -0.39 is 11.2 Å². The molecular weight excluding hydrogens is 280 g/mol. The summed E-state index contributed by atoms with van der Waals surface area (Å²) in [6.07, 6.45) is 1.92. The lowest BCUT2D eigenvalue weighted by Gasteiger charge is -2.06. The zero-order valence-electron chi connectivity index (χ0n) is 10.9. The summed E-state index contributed by atoms with van der Waals surface area (Å²) in [6.45, 7) is 1.69. The lowest BCUT2D eigenvalue weighted by Crippen LogP contribution is -2.33. The van der Waals surface area contributed by atoms with Crippen LogP contribution in [0.3, 0.4) is 0 Å². The summed E-state index contributed by atoms with van der Waals surface area (Å²) in [4.78, 5) is 37.4. The second-order valence-electron chi connectivity index (χ2n) is 4.33. The Kier molecular flexibility index (Phi) is 4.20. The first-order chi connectivity index (χ1) is 9.51. The van der Waals surface area contributed by atoms with E-state index in [1.165, 1.54) is 10.8 Å². The molecule has 0 atom stereocenters. The number of aryl methyl sites for hydroxylation is 1. The van der Waals surface area contributed by atoms with E-state index in [2.05, 4.69) is 4.98 Å². The van der Waals surface area contributed by atoms with Gasteiger partial charge in [-0.1, -0.05) is 18.5 Å². The predicted octanol–water partition coefficient (Wildman–Crippen LogP) is 1.64. The molecule has 0 radical (unpaired) electrons. The van der Waals surface area contributed by atoms with Crippen molar-refractivity contribution in [2.24, 2.45) is 0 Å². The molecule has 0 unspecified atom stereocenters. The Labute approximate surface area is 119 Å². The van der Waals surface area contributed by atoms with E-state index in [0.29, 0.717) is 22.6 Å². The van der Waals surface area contributed by atoms with Crippen LogP contribution in [0.15, 0.2) is 40.1 Å². The fraction of sp³-hybridized carbons (Fsp3) is 0.214. The summed E-state index contributed by atoms with van der Waals surface area (Å²) in [6, 6.07) is 6.42. The molecule has 0 saturated carbocycles. The topological polar surface area (TPSA) is 71.9 Å². The molecule has 1 N–H and O–H groups in total. The molecular formula is C14H13ClN2O3. The second-order valence-corrected chi connectivity index (χ2v) is 4.76. The molecule has 0 aliphatic heterocycles. The van der Waals surface area contributed by atoms with Crippen LogP contribution in [-0.4, -0.2) is 15.3 Å². The molecule has 2 aromatic rings. The number of Topliss-reactive ketones (excluding diaryl/α,β-unsaturated/α-hetero) is 1. The number of nitrogens with zero attached hydrogens (tertiary/aromatic N) is 1. The second kappa shape index (κ2) is 5.88. The fourth-order valence-electron chi connectivity index (χ4n) is 1.81. The number of halogens is 1. The molecule has 0 aliphatic rings. The molecule has 0 amide bonds. The Morgan fingerprint density at radius 2 is 1.90 bits per heavy atom. The van der Waals surface area contributed by atoms with Crippen molar-refractivity contribution in [3.63, 3.8) is 0 Å². The van der Waals surface area contributed by atoms with Crippen LogP contribution in [-0.2, 0) is 13.0 Å². The van der Waals surface area contributed by atoms with E-state index >= 15 is 0 Å². The minimum atomic E-state index is -0.588. The molecule has 0 spiro atoms. The number of H-pyrrole nitrogens is 1. The molecule has 1 aromatic carbocycles. The molecule has 1 aromatic heterocycles. The lowest BCUT2D eigenvalue weighted by atomic mass is 10.1. The molecule has 0 saturated heterocycles. The van der Waals surface area contributed by atoms with Gasteiger partial charge in [-0.25, -0.2) is 4.79 Å². The van der Waals surface area contributed by atoms with E-state index in [1.54, 1.807) is 31.2 Å². The van der Waals surface area contributed by atoms with E-state index in [4.69, 9.17) is 11.6 Å². The van der Waals surface area contributed by atoms with Crippen molar-refractivity contribution in [3.05, 3.63) is 67.4 Å². The zero-order valence-corrected chi connectivity index (χ0v) is 11.6. The third kappa shape index (κ3) is 3.05. The lowest BCUT2D eigenvalue weighted by molar-refractivity contribution is 0.0970. The van der Waals surface area contributed by atoms with E-state index in [0.717, 1.165) is 0 Å². The minimum absolute atomic E-state index is 0.121. The summed E-state index contributed by atoms with van der Waals surface area (Å²) in [5, 5.41) is 0.538. The fourth-order valence-corrected chi connectivity index (χ4v) is 1.93. The number of aromatic nitrogens is 2. The van der Waals surface area contributed by atoms with Crippen LogP contribution in [0.2, 0.25) is 5.02 Å². The van der Waals surface area contributed by atoms with Gasteiger partial charge in [-0.3, -0.25) is 19.1 Å². The third-order valence-electron chi connectivity index (χ3n) is 2.95. The Bertz CT molecular complexity index is 744. The average Bonchev–Trinajstić information content (AvgIpc) is 2.42. The van der Waals surface area contributed by atoms with Crippen molar-refractivity contribution in [3.8, 4) is 0 Å². The quantitative estimate of drug-likeness (QED) is 0.871. The average molecular weight is 293 g/mol. The Morgan fingerprint density at radius 3 is 2.50 bits per heavy atom. The highest BCUT2D eigenvalue weighted by atomic mass is 35.5. The van der Waals surface area contributed by atoms with Crippen molar-refractivity contribution in [1.29, 1.82) is 0 Å². The number of hydrogen-bond donors (Lipinski definition) is 1. The van der Waals surface area contributed by atoms with E-state index in [9.17, 15) is 14.4 Å². The van der Waals surface area contributed by atoms with Crippen molar-refractivity contribution >= 4 is 17.4 Å². The monoisotopic (exact) mass is 292 g/mol. The molecule has 0 bridgehead atoms. The Balaban J connectivity index is 2.30. The summed E-state index contributed by atoms with van der Waals surface area (Å²) >= 11 is 5.75. The summed E-state index contributed by atoms with van der Waals surface area (Å²) < 4.78 is 1.21. The summed E-state index contributed by atoms with van der Waals surface area (Å²) in [5.74, 6) is -0.224. The van der Waals surface area contributed by atoms with Crippen LogP contribution in [0.25, 0.3) is 0 Å². The summed E-state index contributed by atoms with van der Waals surface area (Å²) in [5.41, 5.74) is -0.0683. The van der Waals surface area contributed by atoms with Gasteiger partial charge in [0.2, 0.25) is 0 Å². The van der Waals surface area contributed by atoms with Crippen LogP contribution in [0.1, 0.15) is 22.8 Å². The molecule has 6 heteroatoms. The molecule has 5 nitrogen and oxygen atoms in total. The van der Waals surface area contributed by atoms with Gasteiger partial charge < -0.3 is 0 Å². The first kappa shape index (κ1) is 14.3. The van der Waals surface area contributed by atoms with Gasteiger partial charge in [-0.15, -0.1) is 0 Å². The largest absolute Gasteiger partial charge is 0.328 e. The SMILES string of the molecule is CCc1cn(CC(=O)c2ccc(Cl)cc2)c(=O)[nH]c1=O. The number of ketones is 1. The van der Waals surface area contributed by atoms with Crippen LogP contribution in [0.4, 0.5) is 0 Å². The van der Waals surface area contributed by atoms with E-state index in [1.807, 2.05) is 0 Å². The van der Waals surface area contributed by atoms with Gasteiger partial charge in [-0.2, -0.15) is 0 Å². The van der Waals surface area contributed by atoms with Crippen LogP contribution in [0.5, 0.6) is 0 Å². The standard InChI is InChI=1S/C14H13ClN2O3/c1-2-9-7-17(14(20)16-13(9)19)8-12(18)10-3-5-11(15)6-4-10/h3-7H,2,8H2,1H3,(H,16,19,20). The van der Waals surface area contributed by atoms with Gasteiger partial charge in [0.1, 0.15) is 0 Å². The zero-order chi connectivity index (χ0) is 14.7. The highest BCUT2D eigenvalue weighted by Crippen LogP contribution is 2.10. The van der Waals surface area contributed by atoms with Gasteiger partial charge >= 0.3 is 5.69 Å². The normalized spacial score (nSPS) is 10.5. The van der Waals surface area contributed by atoms with Crippen LogP contribution >= 0.6 is 11.6 Å². The highest BCUT2D eigenvalue weighted by molar-refractivity contribution is 6.30. The number of carbonyl (C=O) groups is 1. The van der Waals surface area contributed by atoms with Crippen molar-refractivity contribution < 1.29 is 4.79 Å². The molecule has 0 aliphatic carbocycles. The third-order valence-corrected chi connectivity index (χ3v) is 3.20. The van der Waals surface area contributed by atoms with Crippen LogP contribution in [0, 0.1) is 0 Å². The molecule has 104 valence electrons. The Morgan fingerprint density at radius 1 is 1.25 bits per heavy atom. The van der Waals surface area contributed by atoms with E-state index in [-0.39, 0.29) is 12.3 Å². The number of hydrogen-bond acceptors (Lipinski definition) is 3. The maximum atomic E-state index is 12.1. The van der Waals surface area contributed by atoms with Crippen molar-refractivity contribution in [2.45, 2.75) is 19.9 Å². The smallest absolute Gasteiger partial charge is 0.293 e. The predicted molar refractivity (Wildman–Crippen MR) is 76.5 cm³/mol. The number of carbonyl (C=O) groups excluding carboxylic acids is 1. The van der Waals surface area contributed by atoms with Crippen molar-refractivity contribution in [2.75, 3.05) is 0 Å². The van der Waals surface area contributed by atoms with Crippen molar-refractivity contribution in [1.82, 2.24) is 9.55 Å². The minimum Gasteiger partial charge on any atom is -0.293 e. The molecule has 0 fully saturated rings. The van der Waals surface area contributed by atoms with Gasteiger partial charge in [0.15, 0.2) is 5.78 Å². The number of nitrogens with one attached hydrogen (secondary N) is 1. The van der Waals surface area contributed by atoms with Gasteiger partial charge in [0, 0.05) is 22.3 Å². The number of rotatable bonds is 4. The summed E-state index contributed by atoms with van der Waals surface area (Å²) in [7, 11) is 0.